The Labute approximate surface area is 154 Å². The van der Waals surface area contributed by atoms with Gasteiger partial charge in [0.1, 0.15) is 5.69 Å². The van der Waals surface area contributed by atoms with Gasteiger partial charge in [-0.1, -0.05) is 6.07 Å². The molecule has 0 unspecified atom stereocenters. The molecular weight excluding hydrogens is 352 g/mol. The van der Waals surface area contributed by atoms with Gasteiger partial charge in [0.2, 0.25) is 0 Å². The molecule has 9 nitrogen and oxygen atoms in total. The lowest BCUT2D eigenvalue weighted by atomic mass is 10.1. The molecule has 27 heavy (non-hydrogen) atoms. The minimum atomic E-state index is -0.665. The average Bonchev–Trinajstić information content (AvgIpc) is 3.19. The van der Waals surface area contributed by atoms with Gasteiger partial charge in [0.15, 0.2) is 0 Å². The predicted molar refractivity (Wildman–Crippen MR) is 97.9 cm³/mol. The van der Waals surface area contributed by atoms with E-state index in [1.54, 1.807) is 4.90 Å². The second kappa shape index (κ2) is 7.40. The molecule has 1 saturated heterocycles. The van der Waals surface area contributed by atoms with Crippen LogP contribution in [0.4, 0.5) is 11.4 Å². The van der Waals surface area contributed by atoms with E-state index in [2.05, 4.69) is 5.32 Å². The number of hydrogen-bond acceptors (Lipinski definition) is 5. The molecule has 0 bridgehead atoms. The van der Waals surface area contributed by atoms with E-state index < -0.39 is 16.4 Å². The highest BCUT2D eigenvalue weighted by molar-refractivity contribution is 6.05. The zero-order valence-corrected chi connectivity index (χ0v) is 14.7. The summed E-state index contributed by atoms with van der Waals surface area (Å²) in [6.45, 7) is 1.33. The third kappa shape index (κ3) is 3.86. The maximum absolute atomic E-state index is 12.6. The van der Waals surface area contributed by atoms with Crippen LogP contribution in [0.1, 0.15) is 33.6 Å². The summed E-state index contributed by atoms with van der Waals surface area (Å²) in [5.41, 5.74) is -0.421. The van der Waals surface area contributed by atoms with Crippen molar-refractivity contribution in [2.24, 2.45) is 7.05 Å². The second-order valence-electron chi connectivity index (χ2n) is 6.32. The molecule has 1 aliphatic rings. The van der Waals surface area contributed by atoms with E-state index in [1.807, 2.05) is 0 Å². The number of benzene rings is 1. The van der Waals surface area contributed by atoms with Crippen molar-refractivity contribution in [2.75, 3.05) is 18.4 Å². The molecule has 0 saturated carbocycles. The average molecular weight is 370 g/mol. The van der Waals surface area contributed by atoms with Gasteiger partial charge < -0.3 is 14.8 Å². The van der Waals surface area contributed by atoms with Crippen LogP contribution >= 0.6 is 0 Å². The third-order valence-electron chi connectivity index (χ3n) is 4.39. The number of anilines is 1. The number of pyridine rings is 1. The quantitative estimate of drug-likeness (QED) is 0.651. The Morgan fingerprint density at radius 2 is 1.85 bits per heavy atom. The van der Waals surface area contributed by atoms with Crippen LogP contribution in [0.2, 0.25) is 0 Å². The van der Waals surface area contributed by atoms with Crippen molar-refractivity contribution in [3.05, 3.63) is 68.1 Å². The Balaban J connectivity index is 1.89. The van der Waals surface area contributed by atoms with E-state index in [0.717, 1.165) is 18.9 Å². The summed E-state index contributed by atoms with van der Waals surface area (Å²) in [5, 5.41) is 13.3. The zero-order chi connectivity index (χ0) is 19.6. The Morgan fingerprint density at radius 3 is 2.52 bits per heavy atom. The lowest BCUT2D eigenvalue weighted by molar-refractivity contribution is -0.384. The Kier molecular flexibility index (Phi) is 5.02. The Hall–Kier alpha value is -3.49. The smallest absolute Gasteiger partial charge is 0.274 e. The molecule has 1 aliphatic heterocycles. The molecule has 1 fully saturated rings. The van der Waals surface area contributed by atoms with Gasteiger partial charge in [-0.25, -0.2) is 0 Å². The molecular formula is C18H18N4O5. The molecule has 3 rings (SSSR count). The summed E-state index contributed by atoms with van der Waals surface area (Å²) in [6.07, 6.45) is 3.31. The normalized spacial score (nSPS) is 13.4. The molecule has 1 N–H and O–H groups in total. The van der Waals surface area contributed by atoms with Crippen molar-refractivity contribution >= 4 is 23.2 Å². The van der Waals surface area contributed by atoms with Crippen LogP contribution in [0.3, 0.4) is 0 Å². The van der Waals surface area contributed by atoms with Gasteiger partial charge in [-0.3, -0.25) is 24.5 Å². The molecule has 2 heterocycles. The summed E-state index contributed by atoms with van der Waals surface area (Å²) in [7, 11) is 1.49. The summed E-state index contributed by atoms with van der Waals surface area (Å²) >= 11 is 0. The first-order chi connectivity index (χ1) is 12.9. The van der Waals surface area contributed by atoms with Gasteiger partial charge in [-0.05, 0) is 25.0 Å². The van der Waals surface area contributed by atoms with Crippen LogP contribution in [0.5, 0.6) is 0 Å². The first-order valence-electron chi connectivity index (χ1n) is 8.42. The molecule has 0 aliphatic carbocycles. The monoisotopic (exact) mass is 370 g/mol. The van der Waals surface area contributed by atoms with E-state index in [1.165, 1.54) is 42.1 Å². The SMILES string of the molecule is Cn1cc(C(=O)N2CCCC2)cc(NC(=O)c2cccc([N+](=O)[O-])c2)c1=O. The number of aryl methyl sites for hydroxylation is 1. The highest BCUT2D eigenvalue weighted by Gasteiger charge is 2.22. The Morgan fingerprint density at radius 1 is 1.15 bits per heavy atom. The summed E-state index contributed by atoms with van der Waals surface area (Å²) in [6, 6.07) is 6.53. The van der Waals surface area contributed by atoms with Crippen LogP contribution in [-0.2, 0) is 7.05 Å². The second-order valence-corrected chi connectivity index (χ2v) is 6.32. The van der Waals surface area contributed by atoms with Gasteiger partial charge in [-0.15, -0.1) is 0 Å². The highest BCUT2D eigenvalue weighted by Crippen LogP contribution is 2.16. The maximum atomic E-state index is 12.6. The van der Waals surface area contributed by atoms with Crippen molar-refractivity contribution in [3.63, 3.8) is 0 Å². The molecule has 0 atom stereocenters. The van der Waals surface area contributed by atoms with Crippen molar-refractivity contribution in [1.82, 2.24) is 9.47 Å². The van der Waals surface area contributed by atoms with Crippen molar-refractivity contribution in [1.29, 1.82) is 0 Å². The predicted octanol–water partition coefficient (Wildman–Crippen LogP) is 1.78. The molecule has 140 valence electrons. The molecule has 2 amide bonds. The molecule has 1 aromatic carbocycles. The maximum Gasteiger partial charge on any atom is 0.274 e. The van der Waals surface area contributed by atoms with E-state index in [0.29, 0.717) is 18.7 Å². The Bertz CT molecular complexity index is 976. The highest BCUT2D eigenvalue weighted by atomic mass is 16.6. The first kappa shape index (κ1) is 18.3. The number of carbonyl (C=O) groups excluding carboxylic acids is 2. The fourth-order valence-electron chi connectivity index (χ4n) is 2.98. The van der Waals surface area contributed by atoms with Crippen LogP contribution in [-0.4, -0.2) is 39.3 Å². The topological polar surface area (TPSA) is 115 Å². The lowest BCUT2D eigenvalue weighted by Gasteiger charge is -2.16. The number of nitrogens with one attached hydrogen (secondary N) is 1. The fourth-order valence-corrected chi connectivity index (χ4v) is 2.98. The van der Waals surface area contributed by atoms with Crippen molar-refractivity contribution < 1.29 is 14.5 Å². The number of amides is 2. The number of nitro groups is 1. The van der Waals surface area contributed by atoms with Gasteiger partial charge in [0.05, 0.1) is 10.5 Å². The van der Waals surface area contributed by atoms with Gasteiger partial charge in [0, 0.05) is 44.0 Å². The molecule has 0 radical (unpaired) electrons. The van der Waals surface area contributed by atoms with E-state index in [-0.39, 0.29) is 22.8 Å². The first-order valence-corrected chi connectivity index (χ1v) is 8.42. The minimum absolute atomic E-state index is 0.0440. The van der Waals surface area contributed by atoms with Crippen molar-refractivity contribution in [3.8, 4) is 0 Å². The number of nitro benzene ring substituents is 1. The van der Waals surface area contributed by atoms with Gasteiger partial charge >= 0.3 is 0 Å². The fraction of sp³-hybridized carbons (Fsp3) is 0.278. The number of rotatable bonds is 4. The van der Waals surface area contributed by atoms with Crippen LogP contribution in [0.15, 0.2) is 41.3 Å². The number of carbonyl (C=O) groups is 2. The number of nitrogens with zero attached hydrogens (tertiary/aromatic N) is 3. The number of aromatic nitrogens is 1. The minimum Gasteiger partial charge on any atom is -0.339 e. The summed E-state index contributed by atoms with van der Waals surface area (Å²) < 4.78 is 1.23. The van der Waals surface area contributed by atoms with E-state index in [9.17, 15) is 24.5 Å². The van der Waals surface area contributed by atoms with Gasteiger partial charge in [0.25, 0.3) is 23.1 Å². The third-order valence-corrected chi connectivity index (χ3v) is 4.39. The summed E-state index contributed by atoms with van der Waals surface area (Å²) in [4.78, 5) is 49.2. The molecule has 1 aromatic heterocycles. The number of non-ortho nitro benzene ring substituents is 1. The number of hydrogen-bond donors (Lipinski definition) is 1. The molecule has 9 heteroatoms. The van der Waals surface area contributed by atoms with E-state index in [4.69, 9.17) is 0 Å². The van der Waals surface area contributed by atoms with E-state index >= 15 is 0 Å². The van der Waals surface area contributed by atoms with Gasteiger partial charge in [-0.2, -0.15) is 0 Å². The number of likely N-dealkylation sites (tertiary alicyclic amines) is 1. The van der Waals surface area contributed by atoms with Crippen LogP contribution in [0, 0.1) is 10.1 Å². The zero-order valence-electron chi connectivity index (χ0n) is 14.7. The van der Waals surface area contributed by atoms with Crippen LogP contribution in [0.25, 0.3) is 0 Å². The van der Waals surface area contributed by atoms with Crippen LogP contribution < -0.4 is 10.9 Å². The lowest BCUT2D eigenvalue weighted by Crippen LogP contribution is -2.30. The largest absolute Gasteiger partial charge is 0.339 e. The molecule has 0 spiro atoms. The standard InChI is InChI=1S/C18H18N4O5/c1-20-11-13(17(24)21-7-2-3-8-21)10-15(18(20)25)19-16(23)12-5-4-6-14(9-12)22(26)27/h4-6,9-11H,2-3,7-8H2,1H3,(H,19,23). The van der Waals surface area contributed by atoms with Crippen molar-refractivity contribution in [2.45, 2.75) is 12.8 Å². The summed E-state index contributed by atoms with van der Waals surface area (Å²) in [5.74, 6) is -0.865. The molecule has 2 aromatic rings.